The molecule has 0 amide bonds. The van der Waals surface area contributed by atoms with Gasteiger partial charge in [-0.2, -0.15) is 0 Å². The lowest BCUT2D eigenvalue weighted by Gasteiger charge is -2.04. The molecule has 0 aromatic heterocycles. The number of ether oxygens (including phenoxy) is 2. The average molecular weight is 360 g/mol. The van der Waals surface area contributed by atoms with Gasteiger partial charge in [0.25, 0.3) is 0 Å². The van der Waals surface area contributed by atoms with Crippen LogP contribution in [0.1, 0.15) is 24.0 Å². The molecule has 0 saturated carbocycles. The van der Waals surface area contributed by atoms with Crippen molar-refractivity contribution in [3.8, 4) is 11.5 Å². The summed E-state index contributed by atoms with van der Waals surface area (Å²) in [5, 5.41) is 17.0. The average Bonchev–Trinajstić information content (AvgIpc) is 2.62. The lowest BCUT2D eigenvalue weighted by atomic mass is 10.1. The summed E-state index contributed by atoms with van der Waals surface area (Å²) < 4.78 is 10.0. The maximum Gasteiger partial charge on any atom is 0.307 e. The van der Waals surface area contributed by atoms with Crippen LogP contribution >= 0.6 is 0 Å². The summed E-state index contributed by atoms with van der Waals surface area (Å²) in [4.78, 5) is 20.7. The van der Waals surface area contributed by atoms with Crippen LogP contribution in [0.25, 0.3) is 0 Å². The van der Waals surface area contributed by atoms with E-state index in [0.717, 1.165) is 17.7 Å². The minimum Gasteiger partial charge on any atom is -0.497 e. The minimum absolute atomic E-state index is 0.00398. The second-order valence-corrected chi connectivity index (χ2v) is 5.48. The fourth-order valence-corrected chi connectivity index (χ4v) is 2.25. The van der Waals surface area contributed by atoms with Crippen LogP contribution in [-0.4, -0.2) is 36.4 Å². The summed E-state index contributed by atoms with van der Waals surface area (Å²) in [6.07, 6.45) is 1.72. The zero-order valence-corrected chi connectivity index (χ0v) is 15.0. The highest BCUT2D eigenvalue weighted by atomic mass is 16.5. The molecular formula is C20H24O6. The lowest BCUT2D eigenvalue weighted by molar-refractivity contribution is -0.137. The molecule has 0 spiro atoms. The van der Waals surface area contributed by atoms with Crippen LogP contribution in [0.3, 0.4) is 0 Å². The Balaban J connectivity index is 0.000000263. The number of rotatable bonds is 8. The van der Waals surface area contributed by atoms with E-state index in [1.165, 1.54) is 7.11 Å². The minimum atomic E-state index is -0.848. The number of aliphatic carboxylic acids is 2. The quantitative estimate of drug-likeness (QED) is 0.749. The largest absolute Gasteiger partial charge is 0.497 e. The van der Waals surface area contributed by atoms with E-state index in [1.807, 2.05) is 30.3 Å². The SMILES string of the molecule is COc1ccc(CCCC(=O)O)cc1.COc1ccccc1CC(=O)O. The topological polar surface area (TPSA) is 93.1 Å². The van der Waals surface area contributed by atoms with Gasteiger partial charge in [0.05, 0.1) is 20.6 Å². The number of hydrogen-bond donors (Lipinski definition) is 2. The van der Waals surface area contributed by atoms with Gasteiger partial charge >= 0.3 is 11.9 Å². The van der Waals surface area contributed by atoms with Crippen LogP contribution in [0.4, 0.5) is 0 Å². The first-order valence-corrected chi connectivity index (χ1v) is 8.14. The van der Waals surface area contributed by atoms with Gasteiger partial charge in [0.1, 0.15) is 11.5 Å². The molecule has 0 aliphatic heterocycles. The molecule has 26 heavy (non-hydrogen) atoms. The molecule has 2 aromatic carbocycles. The van der Waals surface area contributed by atoms with Gasteiger partial charge in [0.15, 0.2) is 0 Å². The van der Waals surface area contributed by atoms with Gasteiger partial charge in [-0.05, 0) is 36.6 Å². The van der Waals surface area contributed by atoms with Crippen LogP contribution < -0.4 is 9.47 Å². The van der Waals surface area contributed by atoms with Gasteiger partial charge in [-0.25, -0.2) is 0 Å². The number of carbonyl (C=O) groups is 2. The zero-order valence-electron chi connectivity index (χ0n) is 15.0. The zero-order chi connectivity index (χ0) is 19.4. The normalized spacial score (nSPS) is 9.62. The first-order chi connectivity index (χ1) is 12.5. The molecule has 2 aromatic rings. The third-order valence-corrected chi connectivity index (χ3v) is 3.55. The molecular weight excluding hydrogens is 336 g/mol. The van der Waals surface area contributed by atoms with Gasteiger partial charge in [0.2, 0.25) is 0 Å². The number of para-hydroxylation sites is 1. The van der Waals surface area contributed by atoms with Crippen molar-refractivity contribution in [2.75, 3.05) is 14.2 Å². The van der Waals surface area contributed by atoms with Crippen molar-refractivity contribution in [2.24, 2.45) is 0 Å². The lowest BCUT2D eigenvalue weighted by Crippen LogP contribution is -2.01. The van der Waals surface area contributed by atoms with Crippen molar-refractivity contribution in [1.29, 1.82) is 0 Å². The summed E-state index contributed by atoms with van der Waals surface area (Å²) in [6, 6.07) is 14.8. The summed E-state index contributed by atoms with van der Waals surface area (Å²) in [7, 11) is 3.15. The van der Waals surface area contributed by atoms with E-state index in [2.05, 4.69) is 0 Å². The number of methoxy groups -OCH3 is 2. The first-order valence-electron chi connectivity index (χ1n) is 8.14. The molecule has 6 nitrogen and oxygen atoms in total. The van der Waals surface area contributed by atoms with Gasteiger partial charge in [-0.15, -0.1) is 0 Å². The van der Waals surface area contributed by atoms with Crippen molar-refractivity contribution >= 4 is 11.9 Å². The Kier molecular flexibility index (Phi) is 9.31. The fourth-order valence-electron chi connectivity index (χ4n) is 2.25. The van der Waals surface area contributed by atoms with Gasteiger partial charge in [0, 0.05) is 12.0 Å². The Morgan fingerprint density at radius 3 is 2.08 bits per heavy atom. The molecule has 0 fully saturated rings. The third kappa shape index (κ3) is 8.19. The van der Waals surface area contributed by atoms with E-state index in [1.54, 1.807) is 25.3 Å². The molecule has 0 heterocycles. The number of carboxylic acids is 2. The maximum absolute atomic E-state index is 10.4. The maximum atomic E-state index is 10.4. The monoisotopic (exact) mass is 360 g/mol. The van der Waals surface area contributed by atoms with Crippen molar-refractivity contribution in [2.45, 2.75) is 25.7 Å². The molecule has 0 unspecified atom stereocenters. The number of benzene rings is 2. The highest BCUT2D eigenvalue weighted by Gasteiger charge is 2.05. The Bertz CT molecular complexity index is 694. The summed E-state index contributed by atoms with van der Waals surface area (Å²) in [6.45, 7) is 0. The molecule has 0 saturated heterocycles. The molecule has 0 aliphatic rings. The highest BCUT2D eigenvalue weighted by Crippen LogP contribution is 2.17. The molecule has 140 valence electrons. The fraction of sp³-hybridized carbons (Fsp3) is 0.300. The van der Waals surface area contributed by atoms with E-state index in [9.17, 15) is 9.59 Å². The van der Waals surface area contributed by atoms with E-state index in [0.29, 0.717) is 17.7 Å². The predicted molar refractivity (Wildman–Crippen MR) is 97.9 cm³/mol. The standard InChI is InChI=1S/C11H14O3.C9H10O3/c1-14-10-7-5-9(6-8-10)3-2-4-11(12)13;1-12-8-5-3-2-4-7(8)6-9(10)11/h5-8H,2-4H2,1H3,(H,12,13);2-5H,6H2,1H3,(H,10,11). The predicted octanol–water partition coefficient (Wildman–Crippen LogP) is 3.42. The highest BCUT2D eigenvalue weighted by molar-refractivity contribution is 5.71. The van der Waals surface area contributed by atoms with Crippen molar-refractivity contribution in [3.05, 3.63) is 59.7 Å². The van der Waals surface area contributed by atoms with E-state index in [4.69, 9.17) is 19.7 Å². The van der Waals surface area contributed by atoms with Crippen molar-refractivity contribution in [3.63, 3.8) is 0 Å². The first kappa shape index (κ1) is 21.0. The second-order valence-electron chi connectivity index (χ2n) is 5.48. The second kappa shape index (κ2) is 11.5. The van der Waals surface area contributed by atoms with E-state index >= 15 is 0 Å². The Morgan fingerprint density at radius 2 is 1.54 bits per heavy atom. The molecule has 0 atom stereocenters. The van der Waals surface area contributed by atoms with Crippen LogP contribution in [0, 0.1) is 0 Å². The Morgan fingerprint density at radius 1 is 0.885 bits per heavy atom. The Hall–Kier alpha value is -3.02. The van der Waals surface area contributed by atoms with Crippen molar-refractivity contribution in [1.82, 2.24) is 0 Å². The molecule has 0 aliphatic carbocycles. The van der Waals surface area contributed by atoms with E-state index in [-0.39, 0.29) is 12.8 Å². The van der Waals surface area contributed by atoms with Crippen molar-refractivity contribution < 1.29 is 29.3 Å². The van der Waals surface area contributed by atoms with Gasteiger partial charge < -0.3 is 19.7 Å². The van der Waals surface area contributed by atoms with Crippen LogP contribution in [0.5, 0.6) is 11.5 Å². The van der Waals surface area contributed by atoms with Gasteiger partial charge in [-0.3, -0.25) is 9.59 Å². The molecule has 0 radical (unpaired) electrons. The van der Waals surface area contributed by atoms with Crippen LogP contribution in [-0.2, 0) is 22.4 Å². The smallest absolute Gasteiger partial charge is 0.307 e. The summed E-state index contributed by atoms with van der Waals surface area (Å²) >= 11 is 0. The van der Waals surface area contributed by atoms with Crippen LogP contribution in [0.15, 0.2) is 48.5 Å². The number of aryl methyl sites for hydroxylation is 1. The molecule has 0 bridgehead atoms. The molecule has 2 rings (SSSR count). The van der Waals surface area contributed by atoms with E-state index < -0.39 is 11.9 Å². The number of carboxylic acid groups (broad SMARTS) is 2. The van der Waals surface area contributed by atoms with Gasteiger partial charge in [-0.1, -0.05) is 30.3 Å². The number of hydrogen-bond acceptors (Lipinski definition) is 4. The summed E-state index contributed by atoms with van der Waals surface area (Å²) in [5.41, 5.74) is 1.85. The Labute approximate surface area is 153 Å². The van der Waals surface area contributed by atoms with Crippen LogP contribution in [0.2, 0.25) is 0 Å². The third-order valence-electron chi connectivity index (χ3n) is 3.55. The molecule has 6 heteroatoms. The molecule has 2 N–H and O–H groups in total. The summed E-state index contributed by atoms with van der Waals surface area (Å²) in [5.74, 6) is -0.134.